The van der Waals surface area contributed by atoms with Gasteiger partial charge in [0.1, 0.15) is 6.04 Å². The lowest BCUT2D eigenvalue weighted by atomic mass is 9.78. The van der Waals surface area contributed by atoms with Gasteiger partial charge in [-0.2, -0.15) is 0 Å². The van der Waals surface area contributed by atoms with Gasteiger partial charge in [0, 0.05) is 68.5 Å². The van der Waals surface area contributed by atoms with Crippen LogP contribution in [-0.4, -0.2) is 45.9 Å². The number of fused-ring (bicyclic) bond motifs is 4. The average molecular weight is 394 g/mol. The van der Waals surface area contributed by atoms with Gasteiger partial charge < -0.3 is 10.2 Å². The molecule has 2 aromatic heterocycles. The number of amides is 2. The summed E-state index contributed by atoms with van der Waals surface area (Å²) in [5.41, 5.74) is 2.73. The Morgan fingerprint density at radius 1 is 1.21 bits per heavy atom. The molecule has 3 atom stereocenters. The molecule has 4 rings (SSSR count). The van der Waals surface area contributed by atoms with Crippen LogP contribution in [0.15, 0.2) is 41.3 Å². The van der Waals surface area contributed by atoms with Crippen molar-refractivity contribution in [3.05, 3.63) is 63.8 Å². The Hall–Kier alpha value is -2.96. The van der Waals surface area contributed by atoms with Gasteiger partial charge >= 0.3 is 0 Å². The van der Waals surface area contributed by atoms with Crippen molar-refractivity contribution in [3.63, 3.8) is 0 Å². The minimum absolute atomic E-state index is 0.0104. The molecule has 2 aliphatic rings. The van der Waals surface area contributed by atoms with Crippen molar-refractivity contribution < 1.29 is 9.59 Å². The Morgan fingerprint density at radius 3 is 2.79 bits per heavy atom. The summed E-state index contributed by atoms with van der Waals surface area (Å²) >= 11 is 0. The first kappa shape index (κ1) is 19.4. The van der Waals surface area contributed by atoms with Crippen LogP contribution in [0.2, 0.25) is 0 Å². The number of piperidine rings is 1. The summed E-state index contributed by atoms with van der Waals surface area (Å²) in [4.78, 5) is 44.0. The topological polar surface area (TPSA) is 84.3 Å². The van der Waals surface area contributed by atoms with Crippen LogP contribution in [0.5, 0.6) is 0 Å². The van der Waals surface area contributed by atoms with Crippen LogP contribution in [-0.2, 0) is 16.0 Å². The number of carbonyl (C=O) groups excluding carboxylic acids is 2. The lowest BCUT2D eigenvalue weighted by Gasteiger charge is -2.46. The molecule has 1 saturated heterocycles. The average Bonchev–Trinajstić information content (AvgIpc) is 2.70. The van der Waals surface area contributed by atoms with Crippen molar-refractivity contribution in [1.82, 2.24) is 19.8 Å². The highest BCUT2D eigenvalue weighted by Gasteiger charge is 2.44. The van der Waals surface area contributed by atoms with E-state index in [0.717, 1.165) is 23.4 Å². The smallest absolute Gasteiger partial charge is 0.251 e. The Balaban J connectivity index is 1.57. The lowest BCUT2D eigenvalue weighted by molar-refractivity contribution is -0.135. The van der Waals surface area contributed by atoms with E-state index in [4.69, 9.17) is 0 Å². The summed E-state index contributed by atoms with van der Waals surface area (Å²) in [7, 11) is 0. The summed E-state index contributed by atoms with van der Waals surface area (Å²) in [6.07, 6.45) is 3.19. The largest absolute Gasteiger partial charge is 0.354 e. The quantitative estimate of drug-likeness (QED) is 0.850. The molecule has 0 aliphatic carbocycles. The second-order valence-corrected chi connectivity index (χ2v) is 8.03. The fourth-order valence-electron chi connectivity index (χ4n) is 4.72. The number of carbonyl (C=O) groups is 2. The van der Waals surface area contributed by atoms with Crippen molar-refractivity contribution in [2.24, 2.45) is 5.92 Å². The molecule has 7 heteroatoms. The van der Waals surface area contributed by atoms with E-state index >= 15 is 0 Å². The zero-order valence-electron chi connectivity index (χ0n) is 16.8. The first-order chi connectivity index (χ1) is 14.0. The summed E-state index contributed by atoms with van der Waals surface area (Å²) in [6.45, 7) is 5.12. The van der Waals surface area contributed by atoms with E-state index in [0.29, 0.717) is 26.1 Å². The van der Waals surface area contributed by atoms with Crippen molar-refractivity contribution in [3.8, 4) is 0 Å². The van der Waals surface area contributed by atoms with Crippen molar-refractivity contribution in [2.45, 2.75) is 38.6 Å². The number of aromatic nitrogens is 2. The van der Waals surface area contributed by atoms with E-state index in [-0.39, 0.29) is 29.2 Å². The van der Waals surface area contributed by atoms with Gasteiger partial charge in [-0.05, 0) is 31.0 Å². The Bertz CT molecular complexity index is 1000. The third kappa shape index (κ3) is 3.69. The summed E-state index contributed by atoms with van der Waals surface area (Å²) in [5, 5.41) is 3.00. The maximum atomic E-state index is 13.2. The molecule has 0 aromatic carbocycles. The van der Waals surface area contributed by atoms with E-state index in [9.17, 15) is 14.4 Å². The summed E-state index contributed by atoms with van der Waals surface area (Å²) < 4.78 is 1.65. The molecule has 1 fully saturated rings. The number of nitrogens with zero attached hydrogens (tertiary/aromatic N) is 3. The number of hydrogen-bond donors (Lipinski definition) is 1. The molecule has 1 N–H and O–H groups in total. The Labute approximate surface area is 169 Å². The molecule has 0 spiro atoms. The fourth-order valence-corrected chi connectivity index (χ4v) is 4.72. The SMILES string of the molecule is CC(=O)N1C[C@H]2C[C@@H](C1)[C@H](C(=O)NCCc1ncccc1C)n1c2cccc1=O. The van der Waals surface area contributed by atoms with Gasteiger partial charge in [-0.1, -0.05) is 12.1 Å². The Kier molecular flexibility index (Phi) is 5.22. The summed E-state index contributed by atoms with van der Waals surface area (Å²) in [6, 6.07) is 8.44. The highest BCUT2D eigenvalue weighted by Crippen LogP contribution is 2.41. The molecule has 29 heavy (non-hydrogen) atoms. The highest BCUT2D eigenvalue weighted by molar-refractivity contribution is 5.81. The number of aryl methyl sites for hydroxylation is 1. The zero-order valence-corrected chi connectivity index (χ0v) is 16.8. The van der Waals surface area contributed by atoms with Crippen molar-refractivity contribution >= 4 is 11.8 Å². The van der Waals surface area contributed by atoms with Crippen LogP contribution in [0.4, 0.5) is 0 Å². The van der Waals surface area contributed by atoms with Gasteiger partial charge in [-0.15, -0.1) is 0 Å². The predicted molar refractivity (Wildman–Crippen MR) is 109 cm³/mol. The Morgan fingerprint density at radius 2 is 2.03 bits per heavy atom. The van der Waals surface area contributed by atoms with E-state index in [1.165, 1.54) is 6.07 Å². The number of rotatable bonds is 4. The van der Waals surface area contributed by atoms with E-state index < -0.39 is 6.04 Å². The third-order valence-corrected chi connectivity index (χ3v) is 6.14. The van der Waals surface area contributed by atoms with Crippen molar-refractivity contribution in [2.75, 3.05) is 19.6 Å². The van der Waals surface area contributed by atoms with Gasteiger partial charge in [0.2, 0.25) is 11.8 Å². The maximum Gasteiger partial charge on any atom is 0.251 e. The van der Waals surface area contributed by atoms with Crippen LogP contribution in [0, 0.1) is 12.8 Å². The molecule has 2 amide bonds. The first-order valence-corrected chi connectivity index (χ1v) is 10.1. The minimum atomic E-state index is -0.595. The minimum Gasteiger partial charge on any atom is -0.354 e. The van der Waals surface area contributed by atoms with Gasteiger partial charge in [0.25, 0.3) is 5.56 Å². The molecule has 2 bridgehead atoms. The molecule has 7 nitrogen and oxygen atoms in total. The van der Waals surface area contributed by atoms with Crippen LogP contribution in [0.25, 0.3) is 0 Å². The molecule has 0 saturated carbocycles. The van der Waals surface area contributed by atoms with E-state index in [2.05, 4.69) is 10.3 Å². The van der Waals surface area contributed by atoms with Gasteiger partial charge in [-0.3, -0.25) is 23.9 Å². The highest BCUT2D eigenvalue weighted by atomic mass is 16.2. The predicted octanol–water partition coefficient (Wildman–Crippen LogP) is 1.42. The maximum absolute atomic E-state index is 13.2. The number of pyridine rings is 2. The fraction of sp³-hybridized carbons (Fsp3) is 0.455. The normalized spacial score (nSPS) is 22.7. The molecule has 2 aliphatic heterocycles. The van der Waals surface area contributed by atoms with Crippen LogP contribution in [0.1, 0.15) is 42.3 Å². The molecule has 0 radical (unpaired) electrons. The van der Waals surface area contributed by atoms with Crippen LogP contribution in [0.3, 0.4) is 0 Å². The van der Waals surface area contributed by atoms with Gasteiger partial charge in [-0.25, -0.2) is 0 Å². The molecule has 4 heterocycles. The second kappa shape index (κ2) is 7.81. The number of hydrogen-bond acceptors (Lipinski definition) is 4. The monoisotopic (exact) mass is 394 g/mol. The molecular formula is C22H26N4O3. The number of likely N-dealkylation sites (tertiary alicyclic amines) is 1. The molecule has 2 aromatic rings. The van der Waals surface area contributed by atoms with E-state index in [1.807, 2.05) is 25.1 Å². The first-order valence-electron chi connectivity index (χ1n) is 10.1. The lowest BCUT2D eigenvalue weighted by Crippen LogP contribution is -2.54. The van der Waals surface area contributed by atoms with Crippen LogP contribution >= 0.6 is 0 Å². The van der Waals surface area contributed by atoms with Gasteiger partial charge in [0.05, 0.1) is 0 Å². The third-order valence-electron chi connectivity index (χ3n) is 6.14. The summed E-state index contributed by atoms with van der Waals surface area (Å²) in [5.74, 6) is -0.133. The van der Waals surface area contributed by atoms with Crippen LogP contribution < -0.4 is 10.9 Å². The van der Waals surface area contributed by atoms with E-state index in [1.54, 1.807) is 28.7 Å². The van der Waals surface area contributed by atoms with Crippen molar-refractivity contribution in [1.29, 1.82) is 0 Å². The molecular weight excluding hydrogens is 368 g/mol. The molecule has 0 unspecified atom stereocenters. The zero-order chi connectivity index (χ0) is 20.5. The molecule has 152 valence electrons. The second-order valence-electron chi connectivity index (χ2n) is 8.03. The van der Waals surface area contributed by atoms with Gasteiger partial charge in [0.15, 0.2) is 0 Å². The number of nitrogens with one attached hydrogen (secondary N) is 1. The standard InChI is InChI=1S/C22H26N4O3/c1-14-5-4-9-23-18(14)8-10-24-22(29)21-17-11-16(12-25(13-17)15(2)27)19-6-3-7-20(28)26(19)21/h3-7,9,16-17,21H,8,10-13H2,1-2H3,(H,24,29)/t16-,17+,21-/m1/s1.